The predicted octanol–water partition coefficient (Wildman–Crippen LogP) is 4.75. The number of carbonyl (C=O) groups excluding carboxylic acids is 1. The van der Waals surface area contributed by atoms with Gasteiger partial charge in [0.2, 0.25) is 5.43 Å². The first kappa shape index (κ1) is 24.6. The smallest absolute Gasteiger partial charge is 0.277 e. The van der Waals surface area contributed by atoms with Crippen LogP contribution in [0, 0.1) is 17.6 Å². The maximum Gasteiger partial charge on any atom is 0.277 e. The first-order valence-electron chi connectivity index (χ1n) is 13.5. The number of benzene rings is 3. The van der Waals surface area contributed by atoms with E-state index in [1.54, 1.807) is 15.8 Å². The monoisotopic (exact) mass is 539 g/mol. The van der Waals surface area contributed by atoms with Gasteiger partial charge in [-0.1, -0.05) is 54.6 Å². The van der Waals surface area contributed by atoms with Crippen molar-refractivity contribution in [2.45, 2.75) is 31.9 Å². The van der Waals surface area contributed by atoms with Gasteiger partial charge in [-0.3, -0.25) is 19.3 Å². The van der Waals surface area contributed by atoms with Gasteiger partial charge in [-0.2, -0.15) is 0 Å². The topological polar surface area (TPSA) is 54.8 Å². The number of aromatic nitrogens is 1. The second-order valence-electron chi connectivity index (χ2n) is 10.6. The fourth-order valence-electron chi connectivity index (χ4n) is 6.90. The minimum Gasteiger partial charge on any atom is -0.482 e. The van der Waals surface area contributed by atoms with Crippen molar-refractivity contribution in [1.29, 1.82) is 0 Å². The first-order chi connectivity index (χ1) is 19.4. The third-order valence-corrected chi connectivity index (χ3v) is 8.61. The van der Waals surface area contributed by atoms with E-state index in [0.717, 1.165) is 28.7 Å². The highest BCUT2D eigenvalue weighted by molar-refractivity contribution is 5.96. The van der Waals surface area contributed by atoms with Crippen molar-refractivity contribution in [3.63, 3.8) is 0 Å². The number of hydrogen-bond acceptors (Lipinski definition) is 4. The number of fused-ring (bicyclic) bond motifs is 6. The Morgan fingerprint density at radius 3 is 2.42 bits per heavy atom. The minimum absolute atomic E-state index is 0.0257. The van der Waals surface area contributed by atoms with Gasteiger partial charge in [-0.05, 0) is 59.7 Å². The summed E-state index contributed by atoms with van der Waals surface area (Å²) in [6.45, 7) is 2.60. The highest BCUT2D eigenvalue weighted by Gasteiger charge is 2.59. The summed E-state index contributed by atoms with van der Waals surface area (Å²) >= 11 is 0. The van der Waals surface area contributed by atoms with Gasteiger partial charge in [0.15, 0.2) is 23.1 Å². The zero-order valence-electron chi connectivity index (χ0n) is 21.9. The van der Waals surface area contributed by atoms with Crippen molar-refractivity contribution in [3.05, 3.63) is 134 Å². The van der Waals surface area contributed by atoms with Crippen LogP contribution in [-0.4, -0.2) is 28.7 Å². The summed E-state index contributed by atoms with van der Waals surface area (Å²) < 4.78 is 37.1. The largest absolute Gasteiger partial charge is 0.482 e. The molecule has 2 atom stereocenters. The first-order valence-corrected chi connectivity index (χ1v) is 13.5. The molecule has 2 unspecified atom stereocenters. The number of nitrogens with zero attached hydrogens (tertiary/aromatic N) is 3. The molecule has 6 nitrogen and oxygen atoms in total. The molecule has 0 saturated carbocycles. The molecule has 1 amide bonds. The Hall–Kier alpha value is -4.46. The van der Waals surface area contributed by atoms with E-state index in [1.165, 1.54) is 18.2 Å². The number of pyridine rings is 1. The molecule has 2 aliphatic carbocycles. The Balaban J connectivity index is 1.46. The van der Waals surface area contributed by atoms with Crippen LogP contribution in [0.4, 0.5) is 8.78 Å². The van der Waals surface area contributed by atoms with Gasteiger partial charge in [0.1, 0.15) is 18.8 Å². The number of ether oxygens (including phenoxy) is 1. The average Bonchev–Trinajstić information content (AvgIpc) is 3.44. The van der Waals surface area contributed by atoms with Crippen molar-refractivity contribution < 1.29 is 18.3 Å². The lowest BCUT2D eigenvalue weighted by Crippen LogP contribution is -2.63. The van der Waals surface area contributed by atoms with Crippen LogP contribution in [0.15, 0.2) is 83.8 Å². The Morgan fingerprint density at radius 2 is 1.62 bits per heavy atom. The van der Waals surface area contributed by atoms with E-state index in [2.05, 4.69) is 6.07 Å². The van der Waals surface area contributed by atoms with Crippen LogP contribution in [0.2, 0.25) is 0 Å². The number of amides is 1. The lowest BCUT2D eigenvalue weighted by Gasteiger charge is -2.50. The molecule has 3 aliphatic rings. The quantitative estimate of drug-likeness (QED) is 0.368. The van der Waals surface area contributed by atoms with Crippen LogP contribution in [0.25, 0.3) is 0 Å². The molecule has 0 N–H and O–H groups in total. The van der Waals surface area contributed by atoms with Crippen LogP contribution in [0.3, 0.4) is 0 Å². The molecule has 0 saturated heterocycles. The molecule has 1 aromatic heterocycles. The highest BCUT2D eigenvalue weighted by Crippen LogP contribution is 2.57. The SMILES string of the molecule is CCN1CN(C23c4ccccc4CC2Cc2cc(F)c(F)cc23)n2ccc(=O)c(OCc3ccccc3)c2C1=O. The second-order valence-corrected chi connectivity index (χ2v) is 10.6. The summed E-state index contributed by atoms with van der Waals surface area (Å²) in [6.07, 6.45) is 2.88. The number of halogens is 2. The molecular formula is C32H27F2N3O3. The Labute approximate surface area is 230 Å². The van der Waals surface area contributed by atoms with Gasteiger partial charge in [-0.25, -0.2) is 8.78 Å². The standard InChI is InChI=1S/C32H27F2N3O3/c1-2-35-19-37(36-13-12-28(38)30(29(36)31(35)39)40-18-20-8-4-3-5-9-20)32-23(14-21-10-6-7-11-24(21)32)15-22-16-26(33)27(34)17-25(22)32/h3-13,16-17,23H,2,14-15,18-19H2,1H3. The van der Waals surface area contributed by atoms with E-state index in [0.29, 0.717) is 18.5 Å². The maximum atomic E-state index is 14.9. The molecule has 40 heavy (non-hydrogen) atoms. The van der Waals surface area contributed by atoms with Gasteiger partial charge in [0, 0.05) is 24.7 Å². The molecule has 0 bridgehead atoms. The molecule has 202 valence electrons. The highest BCUT2D eigenvalue weighted by atomic mass is 19.2. The summed E-state index contributed by atoms with van der Waals surface area (Å²) in [4.78, 5) is 28.7. The molecule has 0 spiro atoms. The summed E-state index contributed by atoms with van der Waals surface area (Å²) in [5, 5.41) is 2.04. The lowest BCUT2D eigenvalue weighted by molar-refractivity contribution is 0.0654. The summed E-state index contributed by atoms with van der Waals surface area (Å²) in [5.41, 5.74) is 3.28. The second kappa shape index (κ2) is 9.05. The Morgan fingerprint density at radius 1 is 0.900 bits per heavy atom. The third-order valence-electron chi connectivity index (χ3n) is 8.61. The molecule has 8 heteroatoms. The van der Waals surface area contributed by atoms with E-state index < -0.39 is 22.6 Å². The number of hydrogen-bond donors (Lipinski definition) is 0. The zero-order valence-corrected chi connectivity index (χ0v) is 21.9. The van der Waals surface area contributed by atoms with Crippen molar-refractivity contribution in [1.82, 2.24) is 9.58 Å². The molecular weight excluding hydrogens is 512 g/mol. The molecule has 0 radical (unpaired) electrons. The van der Waals surface area contributed by atoms with Gasteiger partial charge >= 0.3 is 0 Å². The van der Waals surface area contributed by atoms with Crippen LogP contribution in [0.5, 0.6) is 5.75 Å². The van der Waals surface area contributed by atoms with Crippen molar-refractivity contribution >= 4 is 5.91 Å². The summed E-state index contributed by atoms with van der Waals surface area (Å²) in [5.74, 6) is -2.15. The van der Waals surface area contributed by atoms with Crippen molar-refractivity contribution in [2.24, 2.45) is 5.92 Å². The normalized spacial score (nSPS) is 20.7. The number of rotatable bonds is 5. The Kier molecular flexibility index (Phi) is 5.56. The van der Waals surface area contributed by atoms with Gasteiger partial charge in [-0.15, -0.1) is 0 Å². The van der Waals surface area contributed by atoms with Gasteiger partial charge < -0.3 is 9.64 Å². The van der Waals surface area contributed by atoms with Crippen LogP contribution >= 0.6 is 0 Å². The fourth-order valence-corrected chi connectivity index (χ4v) is 6.90. The lowest BCUT2D eigenvalue weighted by atomic mass is 9.81. The van der Waals surface area contributed by atoms with Crippen LogP contribution in [0.1, 0.15) is 45.2 Å². The number of carbonyl (C=O) groups is 1. The van der Waals surface area contributed by atoms with E-state index in [9.17, 15) is 18.4 Å². The van der Waals surface area contributed by atoms with Crippen LogP contribution < -0.4 is 15.2 Å². The van der Waals surface area contributed by atoms with Crippen LogP contribution in [-0.2, 0) is 25.0 Å². The third kappa shape index (κ3) is 3.38. The molecule has 3 aromatic carbocycles. The van der Waals surface area contributed by atoms with E-state index in [1.807, 2.05) is 60.5 Å². The van der Waals surface area contributed by atoms with Gasteiger partial charge in [0.25, 0.3) is 5.91 Å². The average molecular weight is 540 g/mol. The van der Waals surface area contributed by atoms with E-state index in [4.69, 9.17) is 4.74 Å². The van der Waals surface area contributed by atoms with Crippen molar-refractivity contribution in [2.75, 3.05) is 18.2 Å². The molecule has 1 aliphatic heterocycles. The van der Waals surface area contributed by atoms with E-state index >= 15 is 0 Å². The van der Waals surface area contributed by atoms with E-state index in [-0.39, 0.29) is 36.5 Å². The summed E-state index contributed by atoms with van der Waals surface area (Å²) in [7, 11) is 0. The maximum absolute atomic E-state index is 14.9. The van der Waals surface area contributed by atoms with Crippen molar-refractivity contribution in [3.8, 4) is 5.75 Å². The molecule has 2 heterocycles. The molecule has 7 rings (SSSR count). The Bertz CT molecular complexity index is 1720. The predicted molar refractivity (Wildman–Crippen MR) is 146 cm³/mol. The minimum atomic E-state index is -0.907. The molecule has 0 fully saturated rings. The fraction of sp³-hybridized carbons (Fsp3) is 0.250. The summed E-state index contributed by atoms with van der Waals surface area (Å²) in [6, 6.07) is 21.5. The zero-order chi connectivity index (χ0) is 27.6. The van der Waals surface area contributed by atoms with Gasteiger partial charge in [0.05, 0.1) is 0 Å². The molecule has 4 aromatic rings.